The first-order chi connectivity index (χ1) is 9.15. The van der Waals surface area contributed by atoms with Crippen LogP contribution < -0.4 is 5.32 Å². The molecule has 2 heterocycles. The van der Waals surface area contributed by atoms with Crippen LogP contribution in [0, 0.1) is 5.92 Å². The van der Waals surface area contributed by atoms with Crippen LogP contribution >= 0.6 is 0 Å². The summed E-state index contributed by atoms with van der Waals surface area (Å²) in [4.78, 5) is 25.0. The molecule has 1 aromatic heterocycles. The van der Waals surface area contributed by atoms with Gasteiger partial charge in [-0.3, -0.25) is 9.59 Å². The van der Waals surface area contributed by atoms with E-state index in [1.165, 1.54) is 19.8 Å². The first-order valence-electron chi connectivity index (χ1n) is 6.61. The van der Waals surface area contributed by atoms with Crippen molar-refractivity contribution in [1.29, 1.82) is 0 Å². The second-order valence-corrected chi connectivity index (χ2v) is 5.19. The fourth-order valence-corrected chi connectivity index (χ4v) is 2.23. The molecule has 19 heavy (non-hydrogen) atoms. The number of carbonyl (C=O) groups excluding carboxylic acids is 2. The molecule has 0 saturated heterocycles. The third-order valence-electron chi connectivity index (χ3n) is 3.65. The number of hydrogen-bond donors (Lipinski definition) is 1. The highest BCUT2D eigenvalue weighted by Crippen LogP contribution is 2.27. The Labute approximate surface area is 111 Å². The van der Waals surface area contributed by atoms with Crippen LogP contribution in [0.5, 0.6) is 0 Å². The summed E-state index contributed by atoms with van der Waals surface area (Å²) in [5, 5.41) is 10.9. The van der Waals surface area contributed by atoms with Gasteiger partial charge in [-0.1, -0.05) is 0 Å². The van der Waals surface area contributed by atoms with Crippen molar-refractivity contribution in [1.82, 2.24) is 25.0 Å². The summed E-state index contributed by atoms with van der Waals surface area (Å²) in [6.07, 6.45) is 2.40. The molecular weight excluding hydrogens is 246 g/mol. The maximum atomic E-state index is 12.0. The first kappa shape index (κ1) is 12.1. The highest BCUT2D eigenvalue weighted by atomic mass is 16.2. The maximum Gasteiger partial charge on any atom is 0.289 e. The molecule has 2 amide bonds. The van der Waals surface area contributed by atoms with E-state index >= 15 is 0 Å². The molecule has 2 aliphatic rings. The average molecular weight is 263 g/mol. The summed E-state index contributed by atoms with van der Waals surface area (Å²) >= 11 is 0. The average Bonchev–Trinajstić information content (AvgIpc) is 3.13. The van der Waals surface area contributed by atoms with Crippen LogP contribution in [0.15, 0.2) is 0 Å². The zero-order valence-electron chi connectivity index (χ0n) is 10.9. The van der Waals surface area contributed by atoms with Gasteiger partial charge in [-0.25, -0.2) is 0 Å². The number of nitrogens with one attached hydrogen (secondary N) is 1. The SMILES string of the molecule is CC(=O)N1CCn2c(nnc2C(=O)NCC2CC2)C1. The third-order valence-corrected chi connectivity index (χ3v) is 3.65. The van der Waals surface area contributed by atoms with Gasteiger partial charge in [0.25, 0.3) is 5.91 Å². The molecule has 7 heteroatoms. The largest absolute Gasteiger partial charge is 0.349 e. The van der Waals surface area contributed by atoms with E-state index in [0.29, 0.717) is 37.2 Å². The fraction of sp³-hybridized carbons (Fsp3) is 0.667. The van der Waals surface area contributed by atoms with E-state index in [9.17, 15) is 9.59 Å². The van der Waals surface area contributed by atoms with Gasteiger partial charge in [0.15, 0.2) is 5.82 Å². The Hall–Kier alpha value is -1.92. The third kappa shape index (κ3) is 2.45. The van der Waals surface area contributed by atoms with Gasteiger partial charge in [-0.05, 0) is 18.8 Å². The summed E-state index contributed by atoms with van der Waals surface area (Å²) in [6, 6.07) is 0. The Kier molecular flexibility index (Phi) is 2.96. The highest BCUT2D eigenvalue weighted by molar-refractivity contribution is 5.90. The molecule has 1 aliphatic heterocycles. The number of aromatic nitrogens is 3. The molecule has 0 atom stereocenters. The molecule has 102 valence electrons. The summed E-state index contributed by atoms with van der Waals surface area (Å²) < 4.78 is 1.81. The van der Waals surface area contributed by atoms with Crippen molar-refractivity contribution in [2.75, 3.05) is 13.1 Å². The standard InChI is InChI=1S/C12H17N5O2/c1-8(18)16-4-5-17-10(7-16)14-15-11(17)12(19)13-6-9-2-3-9/h9H,2-7H2,1H3,(H,13,19). The molecule has 7 nitrogen and oxygen atoms in total. The Morgan fingerprint density at radius 1 is 1.32 bits per heavy atom. The van der Waals surface area contributed by atoms with Crippen LogP contribution in [0.4, 0.5) is 0 Å². The van der Waals surface area contributed by atoms with Crippen molar-refractivity contribution < 1.29 is 9.59 Å². The number of hydrogen-bond acceptors (Lipinski definition) is 4. The van der Waals surface area contributed by atoms with Crippen LogP contribution in [-0.2, 0) is 17.9 Å². The number of nitrogens with zero attached hydrogens (tertiary/aromatic N) is 4. The lowest BCUT2D eigenvalue weighted by Crippen LogP contribution is -2.38. The van der Waals surface area contributed by atoms with Crippen molar-refractivity contribution in [3.05, 3.63) is 11.6 Å². The molecule has 1 saturated carbocycles. The van der Waals surface area contributed by atoms with Crippen molar-refractivity contribution in [3.63, 3.8) is 0 Å². The van der Waals surface area contributed by atoms with Gasteiger partial charge in [0.05, 0.1) is 6.54 Å². The van der Waals surface area contributed by atoms with Crippen LogP contribution in [0.25, 0.3) is 0 Å². The molecule has 1 aliphatic carbocycles. The van der Waals surface area contributed by atoms with Crippen molar-refractivity contribution in [2.24, 2.45) is 5.92 Å². The van der Waals surface area contributed by atoms with Gasteiger partial charge in [0.2, 0.25) is 11.7 Å². The first-order valence-corrected chi connectivity index (χ1v) is 6.61. The molecule has 0 bridgehead atoms. The summed E-state index contributed by atoms with van der Waals surface area (Å²) in [7, 11) is 0. The molecule has 0 spiro atoms. The second-order valence-electron chi connectivity index (χ2n) is 5.19. The quantitative estimate of drug-likeness (QED) is 0.817. The van der Waals surface area contributed by atoms with Crippen molar-refractivity contribution >= 4 is 11.8 Å². The van der Waals surface area contributed by atoms with Crippen LogP contribution in [0.3, 0.4) is 0 Å². The Balaban J connectivity index is 1.70. The van der Waals surface area contributed by atoms with Gasteiger partial charge < -0.3 is 14.8 Å². The molecular formula is C12H17N5O2. The zero-order valence-corrected chi connectivity index (χ0v) is 10.9. The fourth-order valence-electron chi connectivity index (χ4n) is 2.23. The van der Waals surface area contributed by atoms with E-state index < -0.39 is 0 Å². The molecule has 1 fully saturated rings. The molecule has 0 radical (unpaired) electrons. The number of carbonyl (C=O) groups is 2. The van der Waals surface area contributed by atoms with Gasteiger partial charge in [-0.15, -0.1) is 10.2 Å². The van der Waals surface area contributed by atoms with E-state index in [1.54, 1.807) is 4.90 Å². The van der Waals surface area contributed by atoms with E-state index in [-0.39, 0.29) is 11.8 Å². The molecule has 3 rings (SSSR count). The minimum absolute atomic E-state index is 0.0222. The maximum absolute atomic E-state index is 12.0. The second kappa shape index (κ2) is 4.64. The predicted molar refractivity (Wildman–Crippen MR) is 66.2 cm³/mol. The topological polar surface area (TPSA) is 80.1 Å². The summed E-state index contributed by atoms with van der Waals surface area (Å²) in [6.45, 7) is 3.87. The van der Waals surface area contributed by atoms with Gasteiger partial charge in [-0.2, -0.15) is 0 Å². The van der Waals surface area contributed by atoms with Gasteiger partial charge in [0.1, 0.15) is 0 Å². The molecule has 0 aromatic carbocycles. The lowest BCUT2D eigenvalue weighted by molar-refractivity contribution is -0.130. The Morgan fingerprint density at radius 2 is 2.11 bits per heavy atom. The molecule has 1 N–H and O–H groups in total. The Morgan fingerprint density at radius 3 is 2.79 bits per heavy atom. The number of amides is 2. The summed E-state index contributed by atoms with van der Waals surface area (Å²) in [5.74, 6) is 1.54. The highest BCUT2D eigenvalue weighted by Gasteiger charge is 2.27. The zero-order chi connectivity index (χ0) is 13.4. The van der Waals surface area contributed by atoms with Crippen molar-refractivity contribution in [3.8, 4) is 0 Å². The number of rotatable bonds is 3. The van der Waals surface area contributed by atoms with E-state index in [1.807, 2.05) is 4.57 Å². The minimum Gasteiger partial charge on any atom is -0.349 e. The van der Waals surface area contributed by atoms with E-state index in [2.05, 4.69) is 15.5 Å². The molecule has 0 unspecified atom stereocenters. The lowest BCUT2D eigenvalue weighted by Gasteiger charge is -2.26. The smallest absolute Gasteiger partial charge is 0.289 e. The van der Waals surface area contributed by atoms with E-state index in [0.717, 1.165) is 6.54 Å². The van der Waals surface area contributed by atoms with Crippen LogP contribution in [0.1, 0.15) is 36.2 Å². The number of fused-ring (bicyclic) bond motifs is 1. The minimum atomic E-state index is -0.165. The lowest BCUT2D eigenvalue weighted by atomic mass is 10.3. The van der Waals surface area contributed by atoms with Gasteiger partial charge >= 0.3 is 0 Å². The monoisotopic (exact) mass is 263 g/mol. The predicted octanol–water partition coefficient (Wildman–Crippen LogP) is -0.220. The normalized spacial score (nSPS) is 18.1. The molecule has 1 aromatic rings. The van der Waals surface area contributed by atoms with Crippen molar-refractivity contribution in [2.45, 2.75) is 32.9 Å². The Bertz CT molecular complexity index is 520. The van der Waals surface area contributed by atoms with Gasteiger partial charge in [0, 0.05) is 26.6 Å². The van der Waals surface area contributed by atoms with Crippen LogP contribution in [0.2, 0.25) is 0 Å². The van der Waals surface area contributed by atoms with E-state index in [4.69, 9.17) is 0 Å². The van der Waals surface area contributed by atoms with Crippen LogP contribution in [-0.4, -0.2) is 44.6 Å². The summed E-state index contributed by atoms with van der Waals surface area (Å²) in [5.41, 5.74) is 0.